The van der Waals surface area contributed by atoms with Crippen LogP contribution in [0, 0.1) is 18.3 Å². The van der Waals surface area contributed by atoms with Crippen molar-refractivity contribution in [3.63, 3.8) is 0 Å². The molecule has 0 aliphatic carbocycles. The van der Waals surface area contributed by atoms with Crippen molar-refractivity contribution in [2.45, 2.75) is 13.5 Å². The Bertz CT molecular complexity index is 618. The summed E-state index contributed by atoms with van der Waals surface area (Å²) >= 11 is 0. The zero-order chi connectivity index (χ0) is 13.1. The van der Waals surface area contributed by atoms with Gasteiger partial charge in [0.2, 0.25) is 0 Å². The second-order valence-corrected chi connectivity index (χ2v) is 3.80. The molecule has 2 aromatic rings. The van der Waals surface area contributed by atoms with Crippen LogP contribution in [0.25, 0.3) is 0 Å². The lowest BCUT2D eigenvalue weighted by Crippen LogP contribution is -2.29. The van der Waals surface area contributed by atoms with Crippen LogP contribution in [0.1, 0.15) is 27.6 Å². The highest BCUT2D eigenvalue weighted by atomic mass is 16.4. The summed E-state index contributed by atoms with van der Waals surface area (Å²) in [5, 5.41) is 8.91. The van der Waals surface area contributed by atoms with Gasteiger partial charge in [0.05, 0.1) is 6.54 Å². The maximum Gasteiger partial charge on any atom is 0.300 e. The summed E-state index contributed by atoms with van der Waals surface area (Å²) in [6.45, 7) is 2.24. The summed E-state index contributed by atoms with van der Waals surface area (Å²) in [7, 11) is 0. The Morgan fingerprint density at radius 1 is 1.67 bits per heavy atom. The van der Waals surface area contributed by atoms with E-state index in [9.17, 15) is 4.79 Å². The minimum absolute atomic E-state index is 0.163. The highest BCUT2D eigenvalue weighted by Gasteiger charge is 2.14. The van der Waals surface area contributed by atoms with Gasteiger partial charge >= 0.3 is 5.91 Å². The Morgan fingerprint density at radius 3 is 3.11 bits per heavy atom. The average molecular weight is 244 g/mol. The standard InChI is InChI=1S/C12H12N4O2/c1-8-9(5-11(18-8)12(17)15-14)7-16-4-2-3-10(16)6-13/h2-5H,7,14H2,1H3,(H,15,17). The van der Waals surface area contributed by atoms with Crippen LogP contribution >= 0.6 is 0 Å². The van der Waals surface area contributed by atoms with E-state index in [1.54, 1.807) is 35.9 Å². The van der Waals surface area contributed by atoms with E-state index in [-0.39, 0.29) is 5.76 Å². The molecule has 0 radical (unpaired) electrons. The van der Waals surface area contributed by atoms with Crippen LogP contribution in [0.5, 0.6) is 0 Å². The van der Waals surface area contributed by atoms with E-state index in [2.05, 4.69) is 6.07 Å². The third-order valence-electron chi connectivity index (χ3n) is 2.66. The van der Waals surface area contributed by atoms with Crippen molar-refractivity contribution in [2.75, 3.05) is 0 Å². The number of nitrogens with zero attached hydrogens (tertiary/aromatic N) is 2. The van der Waals surface area contributed by atoms with Gasteiger partial charge in [0, 0.05) is 11.8 Å². The van der Waals surface area contributed by atoms with Gasteiger partial charge in [-0.3, -0.25) is 10.2 Å². The van der Waals surface area contributed by atoms with Crippen LogP contribution in [0.4, 0.5) is 0 Å². The number of aromatic nitrogens is 1. The normalized spacial score (nSPS) is 10.1. The molecule has 92 valence electrons. The van der Waals surface area contributed by atoms with E-state index >= 15 is 0 Å². The van der Waals surface area contributed by atoms with E-state index in [4.69, 9.17) is 15.5 Å². The largest absolute Gasteiger partial charge is 0.456 e. The van der Waals surface area contributed by atoms with Crippen molar-refractivity contribution in [2.24, 2.45) is 5.84 Å². The summed E-state index contributed by atoms with van der Waals surface area (Å²) in [6, 6.07) is 7.23. The summed E-state index contributed by atoms with van der Waals surface area (Å²) < 4.78 is 7.08. The number of nitrogens with two attached hydrogens (primary N) is 1. The Hall–Kier alpha value is -2.52. The third-order valence-corrected chi connectivity index (χ3v) is 2.66. The molecule has 0 aromatic carbocycles. The highest BCUT2D eigenvalue weighted by Crippen LogP contribution is 2.17. The molecule has 6 nitrogen and oxygen atoms in total. The summed E-state index contributed by atoms with van der Waals surface area (Å²) in [6.07, 6.45) is 1.80. The van der Waals surface area contributed by atoms with Gasteiger partial charge in [0.15, 0.2) is 5.76 Å². The number of nitrogens with one attached hydrogen (secondary N) is 1. The molecule has 18 heavy (non-hydrogen) atoms. The second kappa shape index (κ2) is 4.77. The first-order chi connectivity index (χ1) is 8.65. The second-order valence-electron chi connectivity index (χ2n) is 3.80. The van der Waals surface area contributed by atoms with Crippen molar-refractivity contribution in [3.05, 3.63) is 47.2 Å². The quantitative estimate of drug-likeness (QED) is 0.476. The molecule has 0 bridgehead atoms. The van der Waals surface area contributed by atoms with Gasteiger partial charge in [-0.05, 0) is 25.1 Å². The Kier molecular flexibility index (Phi) is 3.17. The van der Waals surface area contributed by atoms with Crippen LogP contribution in [0.15, 0.2) is 28.8 Å². The maximum absolute atomic E-state index is 11.3. The van der Waals surface area contributed by atoms with E-state index in [0.29, 0.717) is 18.0 Å². The molecular weight excluding hydrogens is 232 g/mol. The van der Waals surface area contributed by atoms with Crippen molar-refractivity contribution >= 4 is 5.91 Å². The van der Waals surface area contributed by atoms with Crippen LogP contribution in [0.3, 0.4) is 0 Å². The van der Waals surface area contributed by atoms with Crippen molar-refractivity contribution in [1.29, 1.82) is 5.26 Å². The number of nitriles is 1. The molecule has 0 fully saturated rings. The monoisotopic (exact) mass is 244 g/mol. The van der Waals surface area contributed by atoms with Gasteiger partial charge in [-0.25, -0.2) is 5.84 Å². The van der Waals surface area contributed by atoms with Gasteiger partial charge in [0.25, 0.3) is 0 Å². The lowest BCUT2D eigenvalue weighted by Gasteiger charge is -2.02. The van der Waals surface area contributed by atoms with Gasteiger partial charge in [0.1, 0.15) is 17.5 Å². The topological polar surface area (TPSA) is 97.0 Å². The van der Waals surface area contributed by atoms with Crippen molar-refractivity contribution in [3.8, 4) is 6.07 Å². The maximum atomic E-state index is 11.3. The Balaban J connectivity index is 2.28. The summed E-state index contributed by atoms with van der Waals surface area (Å²) in [4.78, 5) is 11.3. The van der Waals surface area contributed by atoms with Gasteiger partial charge < -0.3 is 8.98 Å². The van der Waals surface area contributed by atoms with Crippen LogP contribution < -0.4 is 11.3 Å². The number of hydrazine groups is 1. The fourth-order valence-electron chi connectivity index (χ4n) is 1.70. The van der Waals surface area contributed by atoms with Crippen LogP contribution in [-0.4, -0.2) is 10.5 Å². The van der Waals surface area contributed by atoms with Gasteiger partial charge in [-0.2, -0.15) is 5.26 Å². The third kappa shape index (κ3) is 2.12. The number of carbonyl (C=O) groups excluding carboxylic acids is 1. The number of aryl methyl sites for hydroxylation is 1. The van der Waals surface area contributed by atoms with E-state index in [0.717, 1.165) is 5.56 Å². The van der Waals surface area contributed by atoms with Crippen molar-refractivity contribution < 1.29 is 9.21 Å². The average Bonchev–Trinajstić information content (AvgIpc) is 2.96. The number of hydrogen-bond acceptors (Lipinski definition) is 4. The minimum Gasteiger partial charge on any atom is -0.456 e. The molecule has 2 aromatic heterocycles. The molecule has 0 atom stereocenters. The summed E-state index contributed by atoms with van der Waals surface area (Å²) in [5.41, 5.74) is 3.40. The number of carbonyl (C=O) groups is 1. The Labute approximate surface area is 104 Å². The number of rotatable bonds is 3. The van der Waals surface area contributed by atoms with Crippen molar-refractivity contribution in [1.82, 2.24) is 9.99 Å². The first kappa shape index (κ1) is 12.0. The lowest BCUT2D eigenvalue weighted by atomic mass is 10.2. The molecule has 1 amide bonds. The number of hydrogen-bond donors (Lipinski definition) is 2. The molecule has 0 saturated heterocycles. The molecule has 2 heterocycles. The zero-order valence-corrected chi connectivity index (χ0v) is 9.80. The van der Waals surface area contributed by atoms with E-state index < -0.39 is 5.91 Å². The molecule has 6 heteroatoms. The molecule has 2 rings (SSSR count). The molecule has 0 aliphatic rings. The molecular formula is C12H12N4O2. The molecule has 0 saturated carbocycles. The zero-order valence-electron chi connectivity index (χ0n) is 9.80. The SMILES string of the molecule is Cc1oc(C(=O)NN)cc1Cn1cccc1C#N. The van der Waals surface area contributed by atoms with E-state index in [1.165, 1.54) is 0 Å². The fraction of sp³-hybridized carbons (Fsp3) is 0.167. The minimum atomic E-state index is -0.475. The smallest absolute Gasteiger partial charge is 0.300 e. The van der Waals surface area contributed by atoms with Gasteiger partial charge in [-0.1, -0.05) is 0 Å². The molecule has 0 aliphatic heterocycles. The van der Waals surface area contributed by atoms with Crippen LogP contribution in [-0.2, 0) is 6.54 Å². The van der Waals surface area contributed by atoms with E-state index in [1.807, 2.05) is 5.43 Å². The molecule has 0 spiro atoms. The predicted octanol–water partition coefficient (Wildman–Crippen LogP) is 0.913. The molecule has 3 N–H and O–H groups in total. The van der Waals surface area contributed by atoms with Crippen LogP contribution in [0.2, 0.25) is 0 Å². The number of nitrogen functional groups attached to an aromatic ring is 1. The van der Waals surface area contributed by atoms with Gasteiger partial charge in [-0.15, -0.1) is 0 Å². The highest BCUT2D eigenvalue weighted by molar-refractivity contribution is 5.91. The summed E-state index contributed by atoms with van der Waals surface area (Å²) in [5.74, 6) is 5.36. The fourth-order valence-corrected chi connectivity index (χ4v) is 1.70. The Morgan fingerprint density at radius 2 is 2.44 bits per heavy atom. The molecule has 0 unspecified atom stereocenters. The predicted molar refractivity (Wildman–Crippen MR) is 63.3 cm³/mol. The number of amides is 1. The number of furan rings is 1. The lowest BCUT2D eigenvalue weighted by molar-refractivity contribution is 0.0924. The first-order valence-corrected chi connectivity index (χ1v) is 5.31. The first-order valence-electron chi connectivity index (χ1n) is 5.31.